The van der Waals surface area contributed by atoms with Crippen LogP contribution in [0, 0.1) is 5.82 Å². The molecule has 1 heterocycles. The van der Waals surface area contributed by atoms with E-state index in [1.54, 1.807) is 12.1 Å². The van der Waals surface area contributed by atoms with Crippen molar-refractivity contribution in [3.63, 3.8) is 0 Å². The number of hydrogen-bond acceptors (Lipinski definition) is 5. The maximum Gasteiger partial charge on any atom is 0.352 e. The summed E-state index contributed by atoms with van der Waals surface area (Å²) < 4.78 is 44.0. The molecule has 1 atom stereocenters. The highest BCUT2D eigenvalue weighted by Crippen LogP contribution is 2.37. The highest BCUT2D eigenvalue weighted by atomic mass is 32.2. The van der Waals surface area contributed by atoms with Gasteiger partial charge in [0.2, 0.25) is 0 Å². The third-order valence-corrected chi connectivity index (χ3v) is 6.58. The van der Waals surface area contributed by atoms with Gasteiger partial charge < -0.3 is 20.6 Å². The smallest absolute Gasteiger partial charge is 0.352 e. The van der Waals surface area contributed by atoms with Gasteiger partial charge in [0.15, 0.2) is 9.84 Å². The number of fused-ring (bicyclic) bond motifs is 1. The number of halogens is 1. The lowest BCUT2D eigenvalue weighted by Gasteiger charge is -2.16. The van der Waals surface area contributed by atoms with Gasteiger partial charge in [0.1, 0.15) is 23.4 Å². The fourth-order valence-electron chi connectivity index (χ4n) is 4.11. The Labute approximate surface area is 202 Å². The third-order valence-electron chi connectivity index (χ3n) is 5.75. The molecule has 35 heavy (non-hydrogen) atoms. The Hall–Kier alpha value is -3.69. The highest BCUT2D eigenvalue weighted by molar-refractivity contribution is 7.89. The molecule has 0 spiro atoms. The third kappa shape index (κ3) is 5.21. The van der Waals surface area contributed by atoms with E-state index in [4.69, 9.17) is 10.5 Å². The predicted octanol–water partition coefficient (Wildman–Crippen LogP) is 4.82. The van der Waals surface area contributed by atoms with Crippen molar-refractivity contribution < 1.29 is 27.4 Å². The average molecular weight is 497 g/mol. The highest BCUT2D eigenvalue weighted by Gasteiger charge is 2.23. The number of H-pyrrole nitrogens is 1. The number of aromatic carboxylic acids is 1. The standard InChI is InChI=1S/C26H25FN2O5S/c1-15(34-19-10-6-16(13-28)7-11-19)20-4-3-5-21-23(25(26(30)31)29-24(20)21)17-8-9-18(22(27)12-17)14-35(2,32)33/h3-12,15,29H,13-14,28H2,1-2H3,(H,30,31)/t15-/m0/s1. The summed E-state index contributed by atoms with van der Waals surface area (Å²) in [7, 11) is -3.43. The number of carbonyl (C=O) groups is 1. The Balaban J connectivity index is 1.78. The van der Waals surface area contributed by atoms with Gasteiger partial charge in [-0.25, -0.2) is 17.6 Å². The number of sulfone groups is 1. The van der Waals surface area contributed by atoms with Gasteiger partial charge in [-0.1, -0.05) is 42.5 Å². The van der Waals surface area contributed by atoms with E-state index in [0.717, 1.165) is 17.4 Å². The summed E-state index contributed by atoms with van der Waals surface area (Å²) in [5.41, 5.74) is 8.48. The number of carboxylic acids is 1. The van der Waals surface area contributed by atoms with Gasteiger partial charge in [-0.15, -0.1) is 0 Å². The molecule has 0 saturated carbocycles. The Morgan fingerprint density at radius 2 is 1.86 bits per heavy atom. The molecular formula is C26H25FN2O5S. The number of benzene rings is 3. The Bertz CT molecular complexity index is 1510. The number of nitrogens with one attached hydrogen (secondary N) is 1. The Morgan fingerprint density at radius 3 is 2.46 bits per heavy atom. The van der Waals surface area contributed by atoms with E-state index in [1.807, 2.05) is 37.3 Å². The molecule has 3 aromatic carbocycles. The van der Waals surface area contributed by atoms with Crippen LogP contribution in [0.3, 0.4) is 0 Å². The zero-order valence-electron chi connectivity index (χ0n) is 19.2. The summed E-state index contributed by atoms with van der Waals surface area (Å²) in [4.78, 5) is 15.1. The first kappa shape index (κ1) is 24.4. The molecule has 0 aliphatic rings. The molecule has 0 radical (unpaired) electrons. The van der Waals surface area contributed by atoms with E-state index in [-0.39, 0.29) is 11.3 Å². The van der Waals surface area contributed by atoms with Crippen LogP contribution in [-0.4, -0.2) is 30.7 Å². The normalized spacial score (nSPS) is 12.6. The predicted molar refractivity (Wildman–Crippen MR) is 133 cm³/mol. The molecule has 9 heteroatoms. The summed E-state index contributed by atoms with van der Waals surface area (Å²) in [5, 5.41) is 10.5. The number of nitrogens with two attached hydrogens (primary N) is 1. The van der Waals surface area contributed by atoms with Gasteiger partial charge in [0.25, 0.3) is 0 Å². The minimum absolute atomic E-state index is 0.0244. The molecule has 0 amide bonds. The van der Waals surface area contributed by atoms with Crippen LogP contribution in [0.1, 0.15) is 40.2 Å². The largest absolute Gasteiger partial charge is 0.486 e. The second-order valence-corrected chi connectivity index (χ2v) is 10.6. The lowest BCUT2D eigenvalue weighted by atomic mass is 9.98. The fourth-order valence-corrected chi connectivity index (χ4v) is 4.91. The summed E-state index contributed by atoms with van der Waals surface area (Å²) >= 11 is 0. The number of hydrogen-bond donors (Lipinski definition) is 3. The molecule has 0 bridgehead atoms. The molecular weight excluding hydrogens is 471 g/mol. The molecule has 182 valence electrons. The lowest BCUT2D eigenvalue weighted by Crippen LogP contribution is -2.04. The number of aromatic nitrogens is 1. The number of rotatable bonds is 8. The average Bonchev–Trinajstić information content (AvgIpc) is 3.20. The van der Waals surface area contributed by atoms with Crippen LogP contribution in [0.25, 0.3) is 22.0 Å². The van der Waals surface area contributed by atoms with Crippen LogP contribution in [-0.2, 0) is 22.1 Å². The summed E-state index contributed by atoms with van der Waals surface area (Å²) in [5.74, 6) is -1.72. The number of ether oxygens (including phenoxy) is 1. The van der Waals surface area contributed by atoms with Crippen molar-refractivity contribution in [1.29, 1.82) is 0 Å². The molecule has 7 nitrogen and oxygen atoms in total. The van der Waals surface area contributed by atoms with Crippen molar-refractivity contribution in [1.82, 2.24) is 4.98 Å². The number of para-hydroxylation sites is 1. The van der Waals surface area contributed by atoms with Gasteiger partial charge in [0, 0.05) is 34.9 Å². The monoisotopic (exact) mass is 496 g/mol. The molecule has 0 saturated heterocycles. The first-order chi connectivity index (χ1) is 16.6. The minimum Gasteiger partial charge on any atom is -0.486 e. The van der Waals surface area contributed by atoms with Crippen molar-refractivity contribution in [3.8, 4) is 16.9 Å². The maximum absolute atomic E-state index is 14.8. The molecule has 4 rings (SSSR count). The number of aromatic amines is 1. The van der Waals surface area contributed by atoms with E-state index in [0.29, 0.717) is 34.3 Å². The Kier molecular flexibility index (Phi) is 6.64. The fraction of sp³-hybridized carbons (Fsp3) is 0.192. The zero-order chi connectivity index (χ0) is 25.3. The molecule has 0 fully saturated rings. The van der Waals surface area contributed by atoms with Crippen LogP contribution >= 0.6 is 0 Å². The van der Waals surface area contributed by atoms with Crippen LogP contribution in [0.15, 0.2) is 60.7 Å². The summed E-state index contributed by atoms with van der Waals surface area (Å²) in [6.07, 6.45) is 0.601. The SMILES string of the molecule is C[C@H](Oc1ccc(CN)cc1)c1cccc2c(-c3ccc(CS(C)(=O)=O)c(F)c3)c(C(=O)O)[nH]c12. The molecule has 4 aromatic rings. The lowest BCUT2D eigenvalue weighted by molar-refractivity contribution is 0.0692. The van der Waals surface area contributed by atoms with Crippen molar-refractivity contribution in [2.45, 2.75) is 25.3 Å². The zero-order valence-corrected chi connectivity index (χ0v) is 20.0. The molecule has 1 aromatic heterocycles. The second kappa shape index (κ2) is 9.52. The van der Waals surface area contributed by atoms with E-state index < -0.39 is 33.5 Å². The van der Waals surface area contributed by atoms with Gasteiger partial charge in [-0.05, 0) is 36.2 Å². The quantitative estimate of drug-likeness (QED) is 0.322. The summed E-state index contributed by atoms with van der Waals surface area (Å²) in [6, 6.07) is 16.8. The van der Waals surface area contributed by atoms with E-state index >= 15 is 0 Å². The van der Waals surface area contributed by atoms with Crippen LogP contribution in [0.5, 0.6) is 5.75 Å². The molecule has 4 N–H and O–H groups in total. The maximum atomic E-state index is 14.8. The van der Waals surface area contributed by atoms with E-state index in [1.165, 1.54) is 18.2 Å². The van der Waals surface area contributed by atoms with Crippen LogP contribution in [0.4, 0.5) is 4.39 Å². The van der Waals surface area contributed by atoms with Gasteiger partial charge in [-0.3, -0.25) is 0 Å². The molecule has 0 aliphatic heterocycles. The van der Waals surface area contributed by atoms with Gasteiger partial charge in [0.05, 0.1) is 11.3 Å². The molecule has 0 unspecified atom stereocenters. The van der Waals surface area contributed by atoms with Crippen molar-refractivity contribution in [2.24, 2.45) is 5.73 Å². The van der Waals surface area contributed by atoms with Gasteiger partial charge >= 0.3 is 5.97 Å². The first-order valence-electron chi connectivity index (χ1n) is 10.9. The van der Waals surface area contributed by atoms with Crippen molar-refractivity contribution in [3.05, 3.63) is 88.9 Å². The second-order valence-electron chi connectivity index (χ2n) is 8.43. The van der Waals surface area contributed by atoms with Gasteiger partial charge in [-0.2, -0.15) is 0 Å². The minimum atomic E-state index is -3.43. The van der Waals surface area contributed by atoms with E-state index in [9.17, 15) is 22.7 Å². The van der Waals surface area contributed by atoms with Crippen LogP contribution < -0.4 is 10.5 Å². The van der Waals surface area contributed by atoms with Crippen molar-refractivity contribution >= 4 is 26.7 Å². The first-order valence-corrected chi connectivity index (χ1v) is 12.9. The van der Waals surface area contributed by atoms with E-state index in [2.05, 4.69) is 4.98 Å². The van der Waals surface area contributed by atoms with Crippen molar-refractivity contribution in [2.75, 3.05) is 6.26 Å². The Morgan fingerprint density at radius 1 is 1.14 bits per heavy atom. The topological polar surface area (TPSA) is 122 Å². The summed E-state index contributed by atoms with van der Waals surface area (Å²) in [6.45, 7) is 2.28. The van der Waals surface area contributed by atoms with Crippen LogP contribution in [0.2, 0.25) is 0 Å². The number of carboxylic acid groups (broad SMARTS) is 1. The molecule has 0 aliphatic carbocycles.